The van der Waals surface area contributed by atoms with Crippen molar-refractivity contribution in [2.75, 3.05) is 34.1 Å². The predicted octanol–water partition coefficient (Wildman–Crippen LogP) is 15.7. The number of nitrogens with zero attached hydrogens (tertiary/aromatic N) is 5. The summed E-state index contributed by atoms with van der Waals surface area (Å²) in [6, 6.07) is 98.7. The van der Waals surface area contributed by atoms with Crippen LogP contribution in [0.15, 0.2) is 307 Å². The minimum absolute atomic E-state index is 0.0629. The van der Waals surface area contributed by atoms with E-state index in [2.05, 4.69) is 209 Å². The first-order chi connectivity index (χ1) is 46.8. The Bertz CT molecular complexity index is 4270. The summed E-state index contributed by atoms with van der Waals surface area (Å²) in [5.41, 5.74) is 9.15. The van der Waals surface area contributed by atoms with Gasteiger partial charge in [0.25, 0.3) is 0 Å². The standard InChI is InChI=1S/C22H17N3O2SSe.C17H13NOSe.C16H13NSe.C12H11N.C5H6N2O2S.C4H3ISe/c1-24-21(27)18(20(26)23-22(24)28)14-17-12-13-19(29-17)25(15-8-4-2-5-9-15)16-10-6-3-7-11-16;19-13-16-11-12-17(20-16)18(14-7-3-1-4-8-14)15-9-5-2-6-10-15;1-3-8-14(9-4-1)17(16-12-7-13-18-16)15-10-5-2-6-11-15;1-3-7-11(8-4-1)13-12-9-5-2-6-10-12;1-7-4(9)2-3(8)6-5(7)10;5-4-2-1-3-6-4/h2-14H,1H3,(H,23,26,28);1-13H;1-13H;1-10,13H;2H2,1H3,(H,6,8,10);1-3H/b18-14+;;;;;. The molecule has 6 heterocycles. The van der Waals surface area contributed by atoms with Gasteiger partial charge in [-0.2, -0.15) is 0 Å². The van der Waals surface area contributed by atoms with Crippen molar-refractivity contribution < 1.29 is 24.0 Å². The molecule has 14 rings (SSSR count). The molecule has 2 aliphatic rings. The third-order valence-electron chi connectivity index (χ3n) is 13.7. The van der Waals surface area contributed by atoms with Crippen molar-refractivity contribution in [2.45, 2.75) is 6.42 Å². The van der Waals surface area contributed by atoms with Crippen LogP contribution in [0, 0.1) is 2.44 Å². The van der Waals surface area contributed by atoms with Crippen LogP contribution < -0.4 is 30.7 Å². The van der Waals surface area contributed by atoms with Crippen LogP contribution in [0.25, 0.3) is 6.08 Å². The van der Waals surface area contributed by atoms with Crippen molar-refractivity contribution in [3.8, 4) is 0 Å². The number of amides is 4. The van der Waals surface area contributed by atoms with Crippen LogP contribution in [0.3, 0.4) is 0 Å². The molecule has 2 aliphatic heterocycles. The molecule has 20 heteroatoms. The molecule has 2 fully saturated rings. The maximum atomic E-state index is 12.5. The minimum Gasteiger partial charge on any atom is -0.356 e. The molecule has 4 amide bonds. The normalized spacial score (nSPS) is 12.6. The quantitative estimate of drug-likeness (QED) is 0.0193. The molecule has 4 aromatic heterocycles. The number of benzene rings is 8. The van der Waals surface area contributed by atoms with Gasteiger partial charge in [0.15, 0.2) is 5.11 Å². The number of hydrogen-bond acceptors (Lipinski definition) is 11. The molecule has 0 aliphatic carbocycles. The Morgan fingerprint density at radius 3 is 1.14 bits per heavy atom. The SMILES string of the molecule is CN1C(=O)/C(=C/c2ccc(N(c3ccccc3)c3ccccc3)[se]2)C(=O)NC1=S.CN1C(=O)CC(=O)NC1=S.Ic1ccc[se]1.O=Cc1ccc(N(c2ccccc2)c2ccccc2)[se]1.c1ccc(N(c2ccccc2)c2ccc[se]2)cc1.c1ccc(Nc2ccccc2)cc1. The van der Waals surface area contributed by atoms with Crippen LogP contribution in [0.5, 0.6) is 0 Å². The second kappa shape index (κ2) is 37.5. The molecule has 13 nitrogen and oxygen atoms in total. The van der Waals surface area contributed by atoms with E-state index in [1.54, 1.807) is 13.1 Å². The molecule has 96 heavy (non-hydrogen) atoms. The number of halogens is 1. The number of anilines is 11. The van der Waals surface area contributed by atoms with Crippen LogP contribution in [-0.4, -0.2) is 122 Å². The van der Waals surface area contributed by atoms with Gasteiger partial charge in [-0.1, -0.05) is 36.4 Å². The first kappa shape index (κ1) is 71.5. The smallest absolute Gasteiger partial charge is 0.0384 e. The van der Waals surface area contributed by atoms with E-state index >= 15 is 0 Å². The summed E-state index contributed by atoms with van der Waals surface area (Å²) in [6.45, 7) is 0. The summed E-state index contributed by atoms with van der Waals surface area (Å²) in [4.78, 5) is 70.8. The summed E-state index contributed by atoms with van der Waals surface area (Å²) >= 11 is 13.1. The summed E-state index contributed by atoms with van der Waals surface area (Å²) in [5.74, 6) is -1.42. The number of likely N-dealkylation sites (N-methyl/N-ethyl adjacent to an activating group) is 1. The monoisotopic (exact) mass is 1680 g/mol. The molecule has 2 saturated heterocycles. The summed E-state index contributed by atoms with van der Waals surface area (Å²) in [6.07, 6.45) is 2.53. The van der Waals surface area contributed by atoms with E-state index in [0.29, 0.717) is 29.0 Å². The van der Waals surface area contributed by atoms with E-state index in [9.17, 15) is 24.0 Å². The van der Waals surface area contributed by atoms with Crippen molar-refractivity contribution in [2.24, 2.45) is 0 Å². The fourth-order valence-corrected chi connectivity index (χ4v) is 16.9. The summed E-state index contributed by atoms with van der Waals surface area (Å²) < 4.78 is 7.00. The Kier molecular flexibility index (Phi) is 27.9. The van der Waals surface area contributed by atoms with Gasteiger partial charge in [0.2, 0.25) is 11.8 Å². The predicted molar refractivity (Wildman–Crippen MR) is 411 cm³/mol. The van der Waals surface area contributed by atoms with Gasteiger partial charge in [-0.15, -0.1) is 0 Å². The molecule has 8 aromatic carbocycles. The van der Waals surface area contributed by atoms with Crippen molar-refractivity contribution in [3.05, 3.63) is 318 Å². The number of carbonyl (C=O) groups excluding carboxylic acids is 5. The molecule has 0 radical (unpaired) electrons. The van der Waals surface area contributed by atoms with Crippen molar-refractivity contribution in [1.29, 1.82) is 0 Å². The van der Waals surface area contributed by atoms with Gasteiger partial charge in [-0.3, -0.25) is 14.5 Å². The van der Waals surface area contributed by atoms with Gasteiger partial charge in [-0.05, 0) is 36.5 Å². The van der Waals surface area contributed by atoms with Gasteiger partial charge < -0.3 is 10.6 Å². The molecule has 0 bridgehead atoms. The number of rotatable bonds is 13. The van der Waals surface area contributed by atoms with E-state index in [4.69, 9.17) is 12.2 Å². The molecule has 0 unspecified atom stereocenters. The second-order valence-corrected chi connectivity index (χ2v) is 32.5. The van der Waals surface area contributed by atoms with Crippen LogP contribution in [0.4, 0.5) is 59.2 Å². The van der Waals surface area contributed by atoms with Crippen molar-refractivity contribution >= 4 is 210 Å². The molecule has 3 N–H and O–H groups in total. The zero-order chi connectivity index (χ0) is 67.4. The third kappa shape index (κ3) is 21.1. The van der Waals surface area contributed by atoms with E-state index in [1.807, 2.05) is 158 Å². The van der Waals surface area contributed by atoms with E-state index in [-0.39, 0.29) is 68.9 Å². The van der Waals surface area contributed by atoms with Gasteiger partial charge in [0.05, 0.1) is 0 Å². The molecular weight excluding hydrogens is 1610 g/mol. The van der Waals surface area contributed by atoms with E-state index in [0.717, 1.165) is 53.8 Å². The average molecular weight is 1680 g/mol. The zero-order valence-electron chi connectivity index (χ0n) is 51.8. The Morgan fingerprint density at radius 1 is 0.427 bits per heavy atom. The topological polar surface area (TPSA) is 138 Å². The van der Waals surface area contributed by atoms with Crippen LogP contribution >= 0.6 is 47.0 Å². The fraction of sp³-hybridized carbons (Fsp3) is 0.0395. The maximum Gasteiger partial charge on any atom is 0.0384 e. The minimum atomic E-state index is -0.453. The Balaban J connectivity index is 0.000000143. The third-order valence-corrected chi connectivity index (χ3v) is 23.6. The molecule has 12 aromatic rings. The van der Waals surface area contributed by atoms with E-state index < -0.39 is 5.91 Å². The summed E-state index contributed by atoms with van der Waals surface area (Å²) in [7, 11) is 3.09. The maximum absolute atomic E-state index is 12.5. The molecule has 0 atom stereocenters. The number of nitrogens with one attached hydrogen (secondary N) is 3. The number of carbonyl (C=O) groups is 5. The largest absolute Gasteiger partial charge is 0.356 e. The second-order valence-electron chi connectivity index (χ2n) is 20.4. The van der Waals surface area contributed by atoms with E-state index in [1.165, 1.54) is 39.8 Å². The Hall–Kier alpha value is -8.84. The number of thiocarbonyl (C=S) groups is 2. The molecule has 0 spiro atoms. The molecular formula is C76H63IN8O5S2Se4. The number of hydrogen-bond donors (Lipinski definition) is 3. The van der Waals surface area contributed by atoms with Crippen LogP contribution in [-0.2, 0) is 19.2 Å². The average Bonchev–Trinajstić information content (AvgIpc) is 1.43. The fourth-order valence-electron chi connectivity index (χ4n) is 9.11. The number of aldehydes is 1. The first-order valence-electron chi connectivity index (χ1n) is 29.7. The Morgan fingerprint density at radius 2 is 0.792 bits per heavy atom. The first-order valence-corrected chi connectivity index (χ1v) is 38.8. The van der Waals surface area contributed by atoms with Crippen LogP contribution in [0.2, 0.25) is 0 Å². The number of para-hydroxylation sites is 8. The van der Waals surface area contributed by atoms with Crippen molar-refractivity contribution in [3.63, 3.8) is 0 Å². The van der Waals surface area contributed by atoms with Gasteiger partial charge in [0, 0.05) is 18.4 Å². The molecule has 480 valence electrons. The Labute approximate surface area is 607 Å². The van der Waals surface area contributed by atoms with Crippen molar-refractivity contribution in [1.82, 2.24) is 20.4 Å². The van der Waals surface area contributed by atoms with Crippen LogP contribution in [0.1, 0.15) is 20.1 Å². The molecule has 0 saturated carbocycles. The van der Waals surface area contributed by atoms with Gasteiger partial charge >= 0.3 is 474 Å². The zero-order valence-corrected chi connectivity index (χ0v) is 62.5. The van der Waals surface area contributed by atoms with Gasteiger partial charge in [-0.25, -0.2) is 0 Å². The van der Waals surface area contributed by atoms with Gasteiger partial charge in [0.1, 0.15) is 6.42 Å². The summed E-state index contributed by atoms with van der Waals surface area (Å²) in [5, 5.41) is 8.52.